The molecule has 8 heteroatoms. The third-order valence-electron chi connectivity index (χ3n) is 5.53. The number of nitrogens with zero attached hydrogens (tertiary/aromatic N) is 5. The van der Waals surface area contributed by atoms with Gasteiger partial charge in [0.25, 0.3) is 0 Å². The summed E-state index contributed by atoms with van der Waals surface area (Å²) in [5.41, 5.74) is 2.41. The highest BCUT2D eigenvalue weighted by Gasteiger charge is 2.10. The van der Waals surface area contributed by atoms with Crippen LogP contribution in [0, 0.1) is 6.92 Å². The third kappa shape index (κ3) is 8.43. The number of pyridine rings is 1. The first kappa shape index (κ1) is 26.8. The Morgan fingerprint density at radius 1 is 1.09 bits per heavy atom. The molecule has 0 radical (unpaired) electrons. The van der Waals surface area contributed by atoms with Crippen molar-refractivity contribution in [1.29, 1.82) is 0 Å². The van der Waals surface area contributed by atoms with Gasteiger partial charge in [-0.15, -0.1) is 24.0 Å². The van der Waals surface area contributed by atoms with Gasteiger partial charge in [-0.05, 0) is 51.4 Å². The van der Waals surface area contributed by atoms with E-state index in [9.17, 15) is 0 Å². The maximum atomic E-state index is 4.72. The van der Waals surface area contributed by atoms with Crippen LogP contribution in [0.5, 0.6) is 0 Å². The van der Waals surface area contributed by atoms with Gasteiger partial charge in [-0.3, -0.25) is 9.47 Å². The summed E-state index contributed by atoms with van der Waals surface area (Å²) >= 11 is 0. The van der Waals surface area contributed by atoms with E-state index in [1.54, 1.807) is 6.20 Å². The maximum absolute atomic E-state index is 4.72. The Morgan fingerprint density at radius 2 is 1.88 bits per heavy atom. The average molecular weight is 562 g/mol. The summed E-state index contributed by atoms with van der Waals surface area (Å²) in [6, 6.07) is 15.1. The van der Waals surface area contributed by atoms with Crippen molar-refractivity contribution >= 4 is 29.9 Å². The van der Waals surface area contributed by atoms with Gasteiger partial charge in [0.15, 0.2) is 5.96 Å². The van der Waals surface area contributed by atoms with Crippen LogP contribution < -0.4 is 10.6 Å². The molecule has 0 fully saturated rings. The van der Waals surface area contributed by atoms with Gasteiger partial charge in [-0.25, -0.2) is 15.0 Å². The third-order valence-corrected chi connectivity index (χ3v) is 5.53. The SMILES string of the molecule is CCNC(=NCc1ccc(-n2ccnc2C)nc1)NCCC(C)N(C)Cc1ccccc1.I. The van der Waals surface area contributed by atoms with E-state index in [1.165, 1.54) is 5.56 Å². The highest BCUT2D eigenvalue weighted by Crippen LogP contribution is 2.10. The predicted octanol–water partition coefficient (Wildman–Crippen LogP) is 4.16. The smallest absolute Gasteiger partial charge is 0.191 e. The standard InChI is InChI=1S/C25H35N7.HI/c1-5-26-25(28-14-13-20(2)31(4)19-22-9-7-6-8-10-22)30-18-23-11-12-24(29-17-23)32-16-15-27-21(32)3;/h6-12,15-17,20H,5,13-14,18-19H2,1-4H3,(H2,26,28,30);1H. The van der Waals surface area contributed by atoms with Crippen LogP contribution in [0.25, 0.3) is 5.82 Å². The molecule has 0 aliphatic carbocycles. The van der Waals surface area contributed by atoms with Crippen molar-refractivity contribution in [1.82, 2.24) is 30.1 Å². The van der Waals surface area contributed by atoms with Gasteiger partial charge in [-0.2, -0.15) is 0 Å². The summed E-state index contributed by atoms with van der Waals surface area (Å²) < 4.78 is 1.97. The van der Waals surface area contributed by atoms with Crippen molar-refractivity contribution in [2.24, 2.45) is 4.99 Å². The van der Waals surface area contributed by atoms with Crippen LogP contribution in [0.15, 0.2) is 66.0 Å². The molecule has 3 rings (SSSR count). The van der Waals surface area contributed by atoms with Crippen molar-refractivity contribution in [2.45, 2.75) is 46.3 Å². The topological polar surface area (TPSA) is 70.4 Å². The summed E-state index contributed by atoms with van der Waals surface area (Å²) in [7, 11) is 2.18. The van der Waals surface area contributed by atoms with Crippen LogP contribution in [0.3, 0.4) is 0 Å². The van der Waals surface area contributed by atoms with Gasteiger partial charge in [0.05, 0.1) is 6.54 Å². The van der Waals surface area contributed by atoms with E-state index in [0.29, 0.717) is 12.6 Å². The molecule has 1 aromatic carbocycles. The summed E-state index contributed by atoms with van der Waals surface area (Å²) in [4.78, 5) is 15.9. The van der Waals surface area contributed by atoms with Crippen LogP contribution in [0.4, 0.5) is 0 Å². The molecule has 1 unspecified atom stereocenters. The fourth-order valence-corrected chi connectivity index (χ4v) is 3.43. The average Bonchev–Trinajstić information content (AvgIpc) is 3.24. The fourth-order valence-electron chi connectivity index (χ4n) is 3.43. The summed E-state index contributed by atoms with van der Waals surface area (Å²) in [6.45, 7) is 9.54. The zero-order chi connectivity index (χ0) is 22.8. The monoisotopic (exact) mass is 561 g/mol. The second kappa shape index (κ2) is 13.9. The van der Waals surface area contributed by atoms with Gasteiger partial charge in [-0.1, -0.05) is 36.4 Å². The zero-order valence-electron chi connectivity index (χ0n) is 20.0. The Bertz CT molecular complexity index is 970. The lowest BCUT2D eigenvalue weighted by molar-refractivity contribution is 0.238. The number of aromatic nitrogens is 3. The number of aliphatic imine (C=N–C) groups is 1. The summed E-state index contributed by atoms with van der Waals surface area (Å²) in [5, 5.41) is 6.79. The number of benzene rings is 1. The van der Waals surface area contributed by atoms with Gasteiger partial charge in [0.1, 0.15) is 11.6 Å². The molecule has 0 saturated heterocycles. The molecule has 0 bridgehead atoms. The molecule has 2 heterocycles. The number of imidazole rings is 1. The lowest BCUT2D eigenvalue weighted by Gasteiger charge is -2.25. The molecule has 2 aromatic heterocycles. The Balaban J connectivity index is 0.00000385. The zero-order valence-corrected chi connectivity index (χ0v) is 22.4. The minimum atomic E-state index is 0. The molecule has 33 heavy (non-hydrogen) atoms. The Morgan fingerprint density at radius 3 is 2.52 bits per heavy atom. The first-order valence-electron chi connectivity index (χ1n) is 11.3. The molecule has 3 aromatic rings. The van der Waals surface area contributed by atoms with Crippen LogP contribution in [-0.2, 0) is 13.1 Å². The molecular weight excluding hydrogens is 525 g/mol. The van der Waals surface area contributed by atoms with Crippen LogP contribution >= 0.6 is 24.0 Å². The van der Waals surface area contributed by atoms with Crippen LogP contribution in [0.1, 0.15) is 37.2 Å². The molecule has 2 N–H and O–H groups in total. The second-order valence-electron chi connectivity index (χ2n) is 8.03. The van der Waals surface area contributed by atoms with E-state index in [2.05, 4.69) is 82.8 Å². The maximum Gasteiger partial charge on any atom is 0.191 e. The van der Waals surface area contributed by atoms with Gasteiger partial charge in [0.2, 0.25) is 0 Å². The molecule has 0 amide bonds. The number of guanidine groups is 1. The van der Waals surface area contributed by atoms with E-state index < -0.39 is 0 Å². The summed E-state index contributed by atoms with van der Waals surface area (Å²) in [5.74, 6) is 2.62. The molecule has 1 atom stereocenters. The normalized spacial score (nSPS) is 12.3. The minimum Gasteiger partial charge on any atom is -0.357 e. The molecule has 0 saturated carbocycles. The van der Waals surface area contributed by atoms with E-state index >= 15 is 0 Å². The molecule has 0 aliphatic rings. The van der Waals surface area contributed by atoms with Crippen molar-refractivity contribution in [3.63, 3.8) is 0 Å². The molecule has 0 spiro atoms. The number of halogens is 1. The van der Waals surface area contributed by atoms with Crippen LogP contribution in [0.2, 0.25) is 0 Å². The molecule has 7 nitrogen and oxygen atoms in total. The number of hydrogen-bond acceptors (Lipinski definition) is 4. The summed E-state index contributed by atoms with van der Waals surface area (Å²) in [6.07, 6.45) is 6.61. The largest absolute Gasteiger partial charge is 0.357 e. The van der Waals surface area contributed by atoms with E-state index in [0.717, 1.165) is 49.2 Å². The fraction of sp³-hybridized carbons (Fsp3) is 0.400. The van der Waals surface area contributed by atoms with Crippen molar-refractivity contribution in [3.05, 3.63) is 78.0 Å². The number of rotatable bonds is 10. The second-order valence-corrected chi connectivity index (χ2v) is 8.03. The van der Waals surface area contributed by atoms with E-state index in [1.807, 2.05) is 30.0 Å². The number of aryl methyl sites for hydroxylation is 1. The van der Waals surface area contributed by atoms with E-state index in [-0.39, 0.29) is 24.0 Å². The van der Waals surface area contributed by atoms with Gasteiger partial charge < -0.3 is 10.6 Å². The van der Waals surface area contributed by atoms with Crippen molar-refractivity contribution in [3.8, 4) is 5.82 Å². The molecule has 0 aliphatic heterocycles. The Labute approximate surface area is 214 Å². The highest BCUT2D eigenvalue weighted by atomic mass is 127. The van der Waals surface area contributed by atoms with Gasteiger partial charge in [0, 0.05) is 44.3 Å². The van der Waals surface area contributed by atoms with Crippen molar-refractivity contribution in [2.75, 3.05) is 20.1 Å². The van der Waals surface area contributed by atoms with Crippen molar-refractivity contribution < 1.29 is 0 Å². The minimum absolute atomic E-state index is 0. The van der Waals surface area contributed by atoms with Gasteiger partial charge >= 0.3 is 0 Å². The highest BCUT2D eigenvalue weighted by molar-refractivity contribution is 14.0. The first-order chi connectivity index (χ1) is 15.6. The lowest BCUT2D eigenvalue weighted by atomic mass is 10.1. The quantitative estimate of drug-likeness (QED) is 0.221. The predicted molar refractivity (Wildman–Crippen MR) is 146 cm³/mol. The first-order valence-corrected chi connectivity index (χ1v) is 11.3. The molecule has 178 valence electrons. The Kier molecular flexibility index (Phi) is 11.3. The lowest BCUT2D eigenvalue weighted by Crippen LogP contribution is -2.40. The molecular formula is C25H36IN7. The number of nitrogens with one attached hydrogen (secondary N) is 2. The van der Waals surface area contributed by atoms with E-state index in [4.69, 9.17) is 4.99 Å². The number of hydrogen-bond donors (Lipinski definition) is 2. The van der Waals surface area contributed by atoms with Crippen LogP contribution in [-0.4, -0.2) is 51.6 Å². The Hall–Kier alpha value is -2.46.